The van der Waals surface area contributed by atoms with E-state index in [1.165, 1.54) is 32.5 Å². The van der Waals surface area contributed by atoms with Gasteiger partial charge in [-0.1, -0.05) is 84.9 Å². The third-order valence-electron chi connectivity index (χ3n) is 9.16. The molecule has 6 rings (SSSR count). The molecule has 0 aliphatic heterocycles. The quantitative estimate of drug-likeness (QED) is 0.106. The van der Waals surface area contributed by atoms with Crippen LogP contribution < -0.4 is 0 Å². The normalized spacial score (nSPS) is 12.2. The lowest BCUT2D eigenvalue weighted by atomic mass is 9.95. The van der Waals surface area contributed by atoms with Crippen LogP contribution in [0.3, 0.4) is 0 Å². The summed E-state index contributed by atoms with van der Waals surface area (Å²) in [6.07, 6.45) is 3.07. The molecule has 0 aliphatic rings. The number of thiazole rings is 2. The third kappa shape index (κ3) is 15.0. The van der Waals surface area contributed by atoms with Gasteiger partial charge in [-0.2, -0.15) is 0 Å². The number of nitrogens with zero attached hydrogens (tertiary/aromatic N) is 5. The number of carboxylic acids is 1. The maximum Gasteiger partial charge on any atom is 0.411 e. The van der Waals surface area contributed by atoms with E-state index in [4.69, 9.17) is 9.47 Å². The smallest absolute Gasteiger partial charge is 0.411 e. The maximum absolute atomic E-state index is 13.9. The summed E-state index contributed by atoms with van der Waals surface area (Å²) in [5, 5.41) is 13.4. The van der Waals surface area contributed by atoms with E-state index in [2.05, 4.69) is 15.0 Å². The molecule has 62 heavy (non-hydrogen) atoms. The Bertz CT molecular complexity index is 2310. The highest BCUT2D eigenvalue weighted by Gasteiger charge is 2.35. The molecule has 0 spiro atoms. The summed E-state index contributed by atoms with van der Waals surface area (Å²) in [4.78, 5) is 67.3. The van der Waals surface area contributed by atoms with Crippen molar-refractivity contribution >= 4 is 46.6 Å². The summed E-state index contributed by atoms with van der Waals surface area (Å²) in [5.41, 5.74) is 8.05. The molecule has 3 aromatic carbocycles. The number of rotatable bonds is 15. The average Bonchev–Trinajstić information content (AvgIpc) is 3.96. The minimum Gasteiger partial charge on any atom is -0.480 e. The second kappa shape index (κ2) is 22.0. The summed E-state index contributed by atoms with van der Waals surface area (Å²) < 4.78 is 11.2. The van der Waals surface area contributed by atoms with Gasteiger partial charge in [0.15, 0.2) is 5.78 Å². The van der Waals surface area contributed by atoms with Crippen molar-refractivity contribution in [2.24, 2.45) is 0 Å². The number of benzene rings is 3. The number of aromatic nitrogens is 3. The number of carbonyl (C=O) groups excluding carboxylic acids is 3. The second-order valence-electron chi connectivity index (χ2n) is 16.5. The van der Waals surface area contributed by atoms with E-state index >= 15 is 0 Å². The molecule has 0 saturated carbocycles. The van der Waals surface area contributed by atoms with Gasteiger partial charge in [-0.25, -0.2) is 24.4 Å². The zero-order chi connectivity index (χ0) is 44.7. The van der Waals surface area contributed by atoms with Gasteiger partial charge >= 0.3 is 18.2 Å². The minimum atomic E-state index is -1.08. The predicted molar refractivity (Wildman–Crippen MR) is 242 cm³/mol. The Morgan fingerprint density at radius 1 is 0.613 bits per heavy atom. The summed E-state index contributed by atoms with van der Waals surface area (Å²) in [7, 11) is 0. The van der Waals surface area contributed by atoms with Gasteiger partial charge in [-0.15, -0.1) is 22.7 Å². The Morgan fingerprint density at radius 2 is 1.08 bits per heavy atom. The summed E-state index contributed by atoms with van der Waals surface area (Å²) in [6.45, 7) is 11.0. The van der Waals surface area contributed by atoms with Crippen molar-refractivity contribution in [1.82, 2.24) is 24.8 Å². The van der Waals surface area contributed by atoms with Gasteiger partial charge in [-0.3, -0.25) is 19.6 Å². The van der Waals surface area contributed by atoms with Gasteiger partial charge in [0, 0.05) is 42.4 Å². The van der Waals surface area contributed by atoms with E-state index in [1.54, 1.807) is 49.6 Å². The Morgan fingerprint density at radius 3 is 1.53 bits per heavy atom. The van der Waals surface area contributed by atoms with Crippen LogP contribution in [0.25, 0.3) is 11.1 Å². The molecule has 2 atom stereocenters. The summed E-state index contributed by atoms with van der Waals surface area (Å²) in [6, 6.07) is 29.0. The second-order valence-corrected chi connectivity index (χ2v) is 17.9. The van der Waals surface area contributed by atoms with Crippen molar-refractivity contribution in [2.75, 3.05) is 0 Å². The Hall–Kier alpha value is -6.25. The lowest BCUT2D eigenvalue weighted by Crippen LogP contribution is -2.48. The monoisotopic (exact) mass is 875 g/mol. The summed E-state index contributed by atoms with van der Waals surface area (Å²) in [5.74, 6) is -1.14. The number of carbonyl (C=O) groups is 4. The number of ether oxygens (including phenoxy) is 2. The highest BCUT2D eigenvalue weighted by molar-refractivity contribution is 7.07. The first-order chi connectivity index (χ1) is 29.5. The van der Waals surface area contributed by atoms with Crippen molar-refractivity contribution in [2.45, 2.75) is 97.2 Å². The van der Waals surface area contributed by atoms with E-state index in [9.17, 15) is 24.3 Å². The molecule has 3 aromatic heterocycles. The molecule has 3 heterocycles. The van der Waals surface area contributed by atoms with Crippen LogP contribution in [0, 0.1) is 0 Å². The van der Waals surface area contributed by atoms with Crippen molar-refractivity contribution in [3.8, 4) is 11.1 Å². The molecular formula is C48H53N5O7S2. The number of hydrogen-bond acceptors (Lipinski definition) is 11. The van der Waals surface area contributed by atoms with Gasteiger partial charge in [0.25, 0.3) is 0 Å². The van der Waals surface area contributed by atoms with Gasteiger partial charge in [-0.05, 0) is 81.5 Å². The lowest BCUT2D eigenvalue weighted by Gasteiger charge is -2.32. The van der Waals surface area contributed by atoms with Crippen LogP contribution in [-0.4, -0.2) is 77.1 Å². The van der Waals surface area contributed by atoms with E-state index in [0.29, 0.717) is 12.1 Å². The van der Waals surface area contributed by atoms with Crippen molar-refractivity contribution in [1.29, 1.82) is 0 Å². The first-order valence-electron chi connectivity index (χ1n) is 20.1. The van der Waals surface area contributed by atoms with Crippen LogP contribution in [-0.2, 0) is 51.4 Å². The van der Waals surface area contributed by atoms with Crippen molar-refractivity contribution in [3.05, 3.63) is 159 Å². The lowest BCUT2D eigenvalue weighted by molar-refractivity contribution is -0.143. The number of pyridine rings is 1. The fourth-order valence-corrected chi connectivity index (χ4v) is 7.45. The van der Waals surface area contributed by atoms with E-state index < -0.39 is 41.4 Å². The highest BCUT2D eigenvalue weighted by atomic mass is 32.1. The largest absolute Gasteiger partial charge is 0.480 e. The van der Waals surface area contributed by atoms with Gasteiger partial charge in [0.1, 0.15) is 17.2 Å². The number of Topliss-reactive ketones (excluding diaryl/α,β-unsaturated/α-hetero) is 1. The van der Waals surface area contributed by atoms with Gasteiger partial charge < -0.3 is 14.6 Å². The number of aliphatic carboxylic acids is 1. The van der Waals surface area contributed by atoms with Crippen molar-refractivity contribution < 1.29 is 33.8 Å². The topological polar surface area (TPSA) is 152 Å². The number of carboxylic acid groups (broad SMARTS) is 1. The van der Waals surface area contributed by atoms with Gasteiger partial charge in [0.2, 0.25) is 0 Å². The number of amides is 2. The highest BCUT2D eigenvalue weighted by Crippen LogP contribution is 2.24. The first-order valence-corrected chi connectivity index (χ1v) is 22.0. The van der Waals surface area contributed by atoms with Gasteiger partial charge in [0.05, 0.1) is 41.5 Å². The zero-order valence-electron chi connectivity index (χ0n) is 35.8. The van der Waals surface area contributed by atoms with Crippen LogP contribution in [0.4, 0.5) is 9.59 Å². The molecule has 14 heteroatoms. The standard InChI is InChI=1S/C30H31N3O3S.C18H22N2O4S/c1-30(2,3)36-29(35)33(19-26-20-37-21-32-26)27(17-22-8-5-4-6-9-22)28(34)18-23-10-7-11-25(16-23)24-12-14-31-15-13-24;1-18(2,3)24-17(23)20(10-14-11-25-12-19-14)15(16(21)22)9-13-7-5-4-6-8-13/h4-16,20-21,27H,17-19H2,1-3H3;4-8,11-12,15H,9-10H2,1-3H3,(H,21,22)/t27-;15-/m00/s1. The molecule has 0 saturated heterocycles. The fraction of sp³-hybridized carbons (Fsp3) is 0.312. The molecule has 0 fully saturated rings. The van der Waals surface area contributed by atoms with E-state index in [-0.39, 0.29) is 31.7 Å². The molecule has 324 valence electrons. The molecule has 1 N–H and O–H groups in total. The molecule has 12 nitrogen and oxygen atoms in total. The zero-order valence-corrected chi connectivity index (χ0v) is 37.5. The van der Waals surface area contributed by atoms with Crippen LogP contribution in [0.2, 0.25) is 0 Å². The molecule has 0 radical (unpaired) electrons. The first kappa shape index (κ1) is 46.8. The third-order valence-corrected chi connectivity index (χ3v) is 10.4. The van der Waals surface area contributed by atoms with Crippen LogP contribution in [0.1, 0.15) is 69.6 Å². The van der Waals surface area contributed by atoms with Crippen LogP contribution in [0.15, 0.2) is 131 Å². The predicted octanol–water partition coefficient (Wildman–Crippen LogP) is 9.94. The molecular weight excluding hydrogens is 823 g/mol. The average molecular weight is 876 g/mol. The molecule has 6 aromatic rings. The van der Waals surface area contributed by atoms with Crippen LogP contribution >= 0.6 is 22.7 Å². The number of ketones is 1. The number of hydrogen-bond donors (Lipinski definition) is 1. The SMILES string of the molecule is CC(C)(C)OC(=O)N(Cc1cscn1)[C@@H](Cc1ccccc1)C(=O)Cc1cccc(-c2ccncc2)c1.CC(C)(C)OC(=O)N(Cc1cscn1)[C@@H](Cc1ccccc1)C(=O)O. The van der Waals surface area contributed by atoms with Crippen molar-refractivity contribution in [3.63, 3.8) is 0 Å². The fourth-order valence-electron chi connectivity index (χ4n) is 6.35. The molecule has 0 bridgehead atoms. The minimum absolute atomic E-state index is 0.0585. The molecule has 0 aliphatic carbocycles. The summed E-state index contributed by atoms with van der Waals surface area (Å²) >= 11 is 2.85. The Labute approximate surface area is 371 Å². The molecule has 2 amide bonds. The Kier molecular flexibility index (Phi) is 16.6. The maximum atomic E-state index is 13.9. The Balaban J connectivity index is 0.000000253. The molecule has 0 unspecified atom stereocenters. The van der Waals surface area contributed by atoms with E-state index in [1.807, 2.05) is 123 Å². The van der Waals surface area contributed by atoms with Crippen LogP contribution in [0.5, 0.6) is 0 Å². The van der Waals surface area contributed by atoms with E-state index in [0.717, 1.165) is 33.5 Å².